The van der Waals surface area contributed by atoms with Crippen LogP contribution in [0.1, 0.15) is 24.9 Å². The average molecular weight is 278 g/mol. The molecular formula is C14H18N2O4. The molecule has 2 unspecified atom stereocenters. The van der Waals surface area contributed by atoms with Crippen molar-refractivity contribution in [1.82, 2.24) is 10.2 Å². The van der Waals surface area contributed by atoms with Crippen molar-refractivity contribution in [3.05, 3.63) is 29.8 Å². The smallest absolute Gasteiger partial charge is 0.317 e. The molecule has 3 N–H and O–H groups in total. The van der Waals surface area contributed by atoms with Gasteiger partial charge in [-0.1, -0.05) is 12.1 Å². The van der Waals surface area contributed by atoms with Gasteiger partial charge in [0, 0.05) is 13.1 Å². The minimum Gasteiger partial charge on any atom is -0.508 e. The van der Waals surface area contributed by atoms with Crippen LogP contribution in [0.15, 0.2) is 24.3 Å². The first-order chi connectivity index (χ1) is 9.47. The van der Waals surface area contributed by atoms with Crippen molar-refractivity contribution < 1.29 is 19.8 Å². The van der Waals surface area contributed by atoms with E-state index >= 15 is 0 Å². The molecule has 6 nitrogen and oxygen atoms in total. The van der Waals surface area contributed by atoms with Gasteiger partial charge in [-0.3, -0.25) is 4.79 Å². The second-order valence-electron chi connectivity index (χ2n) is 5.04. The summed E-state index contributed by atoms with van der Waals surface area (Å²) in [7, 11) is 0. The van der Waals surface area contributed by atoms with Crippen LogP contribution >= 0.6 is 0 Å². The molecule has 0 saturated carbocycles. The zero-order valence-corrected chi connectivity index (χ0v) is 11.2. The third-order valence-electron chi connectivity index (χ3n) is 3.53. The van der Waals surface area contributed by atoms with Crippen LogP contribution in [0.25, 0.3) is 0 Å². The fourth-order valence-corrected chi connectivity index (χ4v) is 2.30. The van der Waals surface area contributed by atoms with Gasteiger partial charge < -0.3 is 20.4 Å². The Labute approximate surface area is 117 Å². The predicted octanol–water partition coefficient (Wildman–Crippen LogP) is 1.57. The molecule has 1 aromatic rings. The molecule has 108 valence electrons. The van der Waals surface area contributed by atoms with Gasteiger partial charge in [0.15, 0.2) is 0 Å². The summed E-state index contributed by atoms with van der Waals surface area (Å²) in [6, 6.07) is 6.16. The molecule has 0 spiro atoms. The van der Waals surface area contributed by atoms with Crippen molar-refractivity contribution in [2.75, 3.05) is 13.1 Å². The van der Waals surface area contributed by atoms with Crippen LogP contribution in [0.3, 0.4) is 0 Å². The Kier molecular flexibility index (Phi) is 4.12. The maximum absolute atomic E-state index is 12.0. The highest BCUT2D eigenvalue weighted by atomic mass is 16.4. The minimum atomic E-state index is -0.860. The number of benzene rings is 1. The molecule has 1 saturated heterocycles. The van der Waals surface area contributed by atoms with E-state index < -0.39 is 11.9 Å². The Balaban J connectivity index is 1.93. The number of carbonyl (C=O) groups excluding carboxylic acids is 1. The molecule has 0 aliphatic carbocycles. The van der Waals surface area contributed by atoms with Crippen LogP contribution in [0, 0.1) is 5.92 Å². The number of hydrogen-bond acceptors (Lipinski definition) is 3. The Morgan fingerprint density at radius 3 is 2.80 bits per heavy atom. The first-order valence-corrected chi connectivity index (χ1v) is 6.54. The Morgan fingerprint density at radius 2 is 2.20 bits per heavy atom. The molecule has 1 heterocycles. The first kappa shape index (κ1) is 14.2. The molecule has 1 fully saturated rings. The molecule has 0 bridgehead atoms. The summed E-state index contributed by atoms with van der Waals surface area (Å²) >= 11 is 0. The van der Waals surface area contributed by atoms with Gasteiger partial charge in [0.1, 0.15) is 5.75 Å². The number of phenolic OH excluding ortho intramolecular Hbond substituents is 1. The maximum Gasteiger partial charge on any atom is 0.317 e. The monoisotopic (exact) mass is 278 g/mol. The molecule has 2 atom stereocenters. The number of likely N-dealkylation sites (tertiary alicyclic amines) is 1. The molecule has 20 heavy (non-hydrogen) atoms. The molecule has 1 aromatic carbocycles. The topological polar surface area (TPSA) is 89.9 Å². The van der Waals surface area contributed by atoms with E-state index in [4.69, 9.17) is 5.11 Å². The molecule has 6 heteroatoms. The lowest BCUT2D eigenvalue weighted by Gasteiger charge is -2.21. The van der Waals surface area contributed by atoms with E-state index in [1.807, 2.05) is 13.0 Å². The molecule has 1 aliphatic heterocycles. The van der Waals surface area contributed by atoms with Crippen LogP contribution in [0.5, 0.6) is 5.75 Å². The Morgan fingerprint density at radius 1 is 1.45 bits per heavy atom. The summed E-state index contributed by atoms with van der Waals surface area (Å²) in [6.07, 6.45) is 0.489. The number of carboxylic acid groups (broad SMARTS) is 1. The summed E-state index contributed by atoms with van der Waals surface area (Å²) < 4.78 is 0. The van der Waals surface area contributed by atoms with Crippen LogP contribution in [0.2, 0.25) is 0 Å². The molecule has 1 aliphatic rings. The lowest BCUT2D eigenvalue weighted by Crippen LogP contribution is -2.40. The number of hydrogen-bond donors (Lipinski definition) is 3. The van der Waals surface area contributed by atoms with Crippen LogP contribution in [-0.2, 0) is 4.79 Å². The molecular weight excluding hydrogens is 260 g/mol. The molecule has 0 radical (unpaired) electrons. The van der Waals surface area contributed by atoms with Gasteiger partial charge in [0.25, 0.3) is 0 Å². The van der Waals surface area contributed by atoms with Crippen molar-refractivity contribution in [3.8, 4) is 5.75 Å². The fourth-order valence-electron chi connectivity index (χ4n) is 2.30. The van der Waals surface area contributed by atoms with Gasteiger partial charge in [-0.15, -0.1) is 0 Å². The molecule has 2 rings (SSSR count). The zero-order valence-electron chi connectivity index (χ0n) is 11.2. The Bertz CT molecular complexity index is 518. The van der Waals surface area contributed by atoms with Crippen LogP contribution < -0.4 is 5.32 Å². The van der Waals surface area contributed by atoms with E-state index in [-0.39, 0.29) is 24.4 Å². The number of aromatic hydroxyl groups is 1. The third kappa shape index (κ3) is 3.20. The number of nitrogens with one attached hydrogen (secondary N) is 1. The first-order valence-electron chi connectivity index (χ1n) is 6.54. The average Bonchev–Trinajstić information content (AvgIpc) is 2.88. The summed E-state index contributed by atoms with van der Waals surface area (Å²) in [5.74, 6) is -1.19. The van der Waals surface area contributed by atoms with E-state index in [0.29, 0.717) is 13.0 Å². The number of carbonyl (C=O) groups is 2. The highest BCUT2D eigenvalue weighted by Gasteiger charge is 2.31. The second kappa shape index (κ2) is 5.81. The number of amides is 2. The zero-order chi connectivity index (χ0) is 14.7. The highest BCUT2D eigenvalue weighted by Crippen LogP contribution is 2.20. The van der Waals surface area contributed by atoms with Crippen molar-refractivity contribution in [2.45, 2.75) is 19.4 Å². The fraction of sp³-hybridized carbons (Fsp3) is 0.429. The quantitative estimate of drug-likeness (QED) is 0.783. The number of urea groups is 1. The minimum absolute atomic E-state index is 0.149. The van der Waals surface area contributed by atoms with E-state index in [2.05, 4.69) is 5.32 Å². The summed E-state index contributed by atoms with van der Waals surface area (Å²) in [5.41, 5.74) is 0.798. The van der Waals surface area contributed by atoms with Crippen molar-refractivity contribution in [2.24, 2.45) is 5.92 Å². The van der Waals surface area contributed by atoms with Gasteiger partial charge in [-0.2, -0.15) is 0 Å². The predicted molar refractivity (Wildman–Crippen MR) is 72.4 cm³/mol. The maximum atomic E-state index is 12.0. The number of phenols is 1. The van der Waals surface area contributed by atoms with Gasteiger partial charge in [-0.25, -0.2) is 4.79 Å². The number of nitrogens with zero attached hydrogens (tertiary/aromatic N) is 1. The van der Waals surface area contributed by atoms with Crippen molar-refractivity contribution in [1.29, 1.82) is 0 Å². The lowest BCUT2D eigenvalue weighted by atomic mass is 10.1. The van der Waals surface area contributed by atoms with Crippen molar-refractivity contribution in [3.63, 3.8) is 0 Å². The number of rotatable bonds is 3. The highest BCUT2D eigenvalue weighted by molar-refractivity contribution is 5.77. The van der Waals surface area contributed by atoms with E-state index in [1.165, 1.54) is 4.90 Å². The summed E-state index contributed by atoms with van der Waals surface area (Å²) in [4.78, 5) is 24.4. The standard InChI is InChI=1S/C14H18N2O4/c1-9(10-3-2-4-12(17)7-10)15-14(20)16-6-5-11(8-16)13(18)19/h2-4,7,9,11,17H,5-6,8H2,1H3,(H,15,20)(H,18,19). The lowest BCUT2D eigenvalue weighted by molar-refractivity contribution is -0.141. The van der Waals surface area contributed by atoms with Gasteiger partial charge in [0.2, 0.25) is 0 Å². The SMILES string of the molecule is CC(NC(=O)N1CCC(C(=O)O)C1)c1cccc(O)c1. The summed E-state index contributed by atoms with van der Waals surface area (Å²) in [5, 5.41) is 21.1. The van der Waals surface area contributed by atoms with E-state index in [0.717, 1.165) is 5.56 Å². The van der Waals surface area contributed by atoms with Gasteiger partial charge >= 0.3 is 12.0 Å². The Hall–Kier alpha value is -2.24. The van der Waals surface area contributed by atoms with Crippen LogP contribution in [-0.4, -0.2) is 40.2 Å². The summed E-state index contributed by atoms with van der Waals surface area (Å²) in [6.45, 7) is 2.51. The number of aliphatic carboxylic acids is 1. The van der Waals surface area contributed by atoms with Gasteiger partial charge in [-0.05, 0) is 31.0 Å². The largest absolute Gasteiger partial charge is 0.508 e. The van der Waals surface area contributed by atoms with Crippen molar-refractivity contribution >= 4 is 12.0 Å². The number of carboxylic acids is 1. The third-order valence-corrected chi connectivity index (χ3v) is 3.53. The molecule has 2 amide bonds. The van der Waals surface area contributed by atoms with Gasteiger partial charge in [0.05, 0.1) is 12.0 Å². The van der Waals surface area contributed by atoms with E-state index in [9.17, 15) is 14.7 Å². The second-order valence-corrected chi connectivity index (χ2v) is 5.04. The normalized spacial score (nSPS) is 19.6. The molecule has 0 aromatic heterocycles. The van der Waals surface area contributed by atoms with Crippen LogP contribution in [0.4, 0.5) is 4.79 Å². The van der Waals surface area contributed by atoms with E-state index in [1.54, 1.807) is 18.2 Å².